The normalized spacial score (nSPS) is 13.2. The van der Waals surface area contributed by atoms with Gasteiger partial charge in [0.15, 0.2) is 0 Å². The van der Waals surface area contributed by atoms with Gasteiger partial charge in [-0.3, -0.25) is 0 Å². The van der Waals surface area contributed by atoms with Crippen LogP contribution < -0.4 is 0 Å². The predicted molar refractivity (Wildman–Crippen MR) is 68.0 cm³/mol. The molecule has 0 aromatic carbocycles. The molecule has 0 aliphatic heterocycles. The van der Waals surface area contributed by atoms with E-state index >= 15 is 0 Å². The van der Waals surface area contributed by atoms with Crippen molar-refractivity contribution in [1.82, 2.24) is 0 Å². The Bertz CT molecular complexity index is 161. The van der Waals surface area contributed by atoms with Gasteiger partial charge < -0.3 is 5.11 Å². The molecule has 0 heterocycles. The SMILES string of the molecule is C=CC=CCCCC(O)CCCCCC. The van der Waals surface area contributed by atoms with Gasteiger partial charge in [-0.2, -0.15) is 0 Å². The molecule has 0 radical (unpaired) electrons. The predicted octanol–water partition coefficient (Wildman–Crippen LogP) is 4.23. The summed E-state index contributed by atoms with van der Waals surface area (Å²) in [6.45, 7) is 5.83. The number of hydrogen-bond acceptors (Lipinski definition) is 1. The quantitative estimate of drug-likeness (QED) is 0.422. The lowest BCUT2D eigenvalue weighted by molar-refractivity contribution is 0.148. The third-order valence-electron chi connectivity index (χ3n) is 2.57. The van der Waals surface area contributed by atoms with Gasteiger partial charge in [-0.15, -0.1) is 0 Å². The molecule has 1 atom stereocenters. The van der Waals surface area contributed by atoms with Crippen molar-refractivity contribution >= 4 is 0 Å². The molecule has 0 saturated heterocycles. The van der Waals surface area contributed by atoms with Crippen molar-refractivity contribution in [3.63, 3.8) is 0 Å². The molecule has 15 heavy (non-hydrogen) atoms. The molecule has 0 aliphatic rings. The maximum absolute atomic E-state index is 9.66. The topological polar surface area (TPSA) is 20.2 Å². The highest BCUT2D eigenvalue weighted by atomic mass is 16.3. The van der Waals surface area contributed by atoms with Crippen LogP contribution in [-0.4, -0.2) is 11.2 Å². The Morgan fingerprint density at radius 2 is 1.87 bits per heavy atom. The van der Waals surface area contributed by atoms with Crippen molar-refractivity contribution in [3.05, 3.63) is 24.8 Å². The number of aliphatic hydroxyl groups excluding tert-OH is 1. The first-order chi connectivity index (χ1) is 7.31. The third-order valence-corrected chi connectivity index (χ3v) is 2.57. The fourth-order valence-electron chi connectivity index (χ4n) is 1.61. The maximum atomic E-state index is 9.66. The molecule has 0 aliphatic carbocycles. The molecule has 0 saturated carbocycles. The second kappa shape index (κ2) is 11.5. The summed E-state index contributed by atoms with van der Waals surface area (Å²) in [5.41, 5.74) is 0. The summed E-state index contributed by atoms with van der Waals surface area (Å²) in [5, 5.41) is 9.66. The van der Waals surface area contributed by atoms with E-state index in [1.54, 1.807) is 6.08 Å². The van der Waals surface area contributed by atoms with Crippen molar-refractivity contribution in [2.75, 3.05) is 0 Å². The fourth-order valence-corrected chi connectivity index (χ4v) is 1.61. The van der Waals surface area contributed by atoms with Crippen LogP contribution in [-0.2, 0) is 0 Å². The first kappa shape index (κ1) is 14.4. The highest BCUT2D eigenvalue weighted by molar-refractivity contribution is 4.96. The number of rotatable bonds is 10. The van der Waals surface area contributed by atoms with Gasteiger partial charge in [-0.25, -0.2) is 0 Å². The van der Waals surface area contributed by atoms with Crippen LogP contribution in [0, 0.1) is 0 Å². The Hall–Kier alpha value is -0.560. The van der Waals surface area contributed by atoms with Crippen LogP contribution in [0.1, 0.15) is 58.3 Å². The minimum Gasteiger partial charge on any atom is -0.393 e. The standard InChI is InChI=1S/C14H26O/c1-3-5-7-9-11-13-14(15)12-10-8-6-4-2/h3,5,7,14-15H,1,4,6,8-13H2,2H3. The van der Waals surface area contributed by atoms with Crippen LogP contribution in [0.4, 0.5) is 0 Å². The van der Waals surface area contributed by atoms with E-state index in [0.29, 0.717) is 0 Å². The van der Waals surface area contributed by atoms with Crippen LogP contribution in [0.2, 0.25) is 0 Å². The summed E-state index contributed by atoms with van der Waals surface area (Å²) in [6.07, 6.45) is 14.8. The van der Waals surface area contributed by atoms with E-state index < -0.39 is 0 Å². The van der Waals surface area contributed by atoms with E-state index in [4.69, 9.17) is 0 Å². The summed E-state index contributed by atoms with van der Waals surface area (Å²) >= 11 is 0. The van der Waals surface area contributed by atoms with Gasteiger partial charge in [0, 0.05) is 0 Å². The third kappa shape index (κ3) is 11.4. The average Bonchev–Trinajstić information content (AvgIpc) is 2.24. The minimum absolute atomic E-state index is 0.0843. The molecule has 0 aromatic heterocycles. The van der Waals surface area contributed by atoms with E-state index in [0.717, 1.165) is 25.7 Å². The van der Waals surface area contributed by atoms with Crippen LogP contribution >= 0.6 is 0 Å². The van der Waals surface area contributed by atoms with Crippen molar-refractivity contribution in [3.8, 4) is 0 Å². The first-order valence-corrected chi connectivity index (χ1v) is 6.26. The Kier molecular flexibility index (Phi) is 11.1. The van der Waals surface area contributed by atoms with E-state index in [2.05, 4.69) is 19.6 Å². The number of unbranched alkanes of at least 4 members (excludes halogenated alkanes) is 4. The summed E-state index contributed by atoms with van der Waals surface area (Å²) in [6, 6.07) is 0. The summed E-state index contributed by atoms with van der Waals surface area (Å²) < 4.78 is 0. The van der Waals surface area contributed by atoms with Crippen molar-refractivity contribution < 1.29 is 5.11 Å². The molecule has 1 nitrogen and oxygen atoms in total. The zero-order valence-corrected chi connectivity index (χ0v) is 10.1. The number of allylic oxidation sites excluding steroid dienone is 3. The van der Waals surface area contributed by atoms with Gasteiger partial charge in [-0.05, 0) is 25.7 Å². The van der Waals surface area contributed by atoms with Crippen molar-refractivity contribution in [2.24, 2.45) is 0 Å². The second-order valence-electron chi connectivity index (χ2n) is 4.10. The van der Waals surface area contributed by atoms with Crippen LogP contribution in [0.5, 0.6) is 0 Å². The second-order valence-corrected chi connectivity index (χ2v) is 4.10. The molecule has 1 N–H and O–H groups in total. The molecule has 0 bridgehead atoms. The molecular weight excluding hydrogens is 184 g/mol. The summed E-state index contributed by atoms with van der Waals surface area (Å²) in [4.78, 5) is 0. The van der Waals surface area contributed by atoms with Gasteiger partial charge in [0.25, 0.3) is 0 Å². The lowest BCUT2D eigenvalue weighted by Gasteiger charge is -2.08. The largest absolute Gasteiger partial charge is 0.393 e. The van der Waals surface area contributed by atoms with Crippen molar-refractivity contribution in [2.45, 2.75) is 64.4 Å². The fraction of sp³-hybridized carbons (Fsp3) is 0.714. The van der Waals surface area contributed by atoms with Crippen molar-refractivity contribution in [1.29, 1.82) is 0 Å². The lowest BCUT2D eigenvalue weighted by atomic mass is 10.0. The highest BCUT2D eigenvalue weighted by Crippen LogP contribution is 2.10. The summed E-state index contributed by atoms with van der Waals surface area (Å²) in [7, 11) is 0. The molecule has 88 valence electrons. The molecule has 0 aromatic rings. The zero-order valence-electron chi connectivity index (χ0n) is 10.1. The number of aliphatic hydroxyl groups is 1. The van der Waals surface area contributed by atoms with Crippen LogP contribution in [0.25, 0.3) is 0 Å². The highest BCUT2D eigenvalue weighted by Gasteiger charge is 2.02. The molecule has 0 spiro atoms. The van der Waals surface area contributed by atoms with Crippen LogP contribution in [0.3, 0.4) is 0 Å². The van der Waals surface area contributed by atoms with Gasteiger partial charge in [0.05, 0.1) is 6.10 Å². The zero-order chi connectivity index (χ0) is 11.4. The molecule has 0 rings (SSSR count). The molecule has 0 fully saturated rings. The summed E-state index contributed by atoms with van der Waals surface area (Å²) in [5.74, 6) is 0. The maximum Gasteiger partial charge on any atom is 0.0540 e. The minimum atomic E-state index is -0.0843. The van der Waals surface area contributed by atoms with Gasteiger partial charge >= 0.3 is 0 Å². The van der Waals surface area contributed by atoms with Crippen LogP contribution in [0.15, 0.2) is 24.8 Å². The van der Waals surface area contributed by atoms with Gasteiger partial charge in [0.1, 0.15) is 0 Å². The average molecular weight is 210 g/mol. The van der Waals surface area contributed by atoms with E-state index in [-0.39, 0.29) is 6.10 Å². The smallest absolute Gasteiger partial charge is 0.0540 e. The Balaban J connectivity index is 3.21. The van der Waals surface area contributed by atoms with E-state index in [1.807, 2.05) is 6.08 Å². The Labute approximate surface area is 94.9 Å². The Morgan fingerprint density at radius 1 is 1.13 bits per heavy atom. The molecule has 0 amide bonds. The lowest BCUT2D eigenvalue weighted by Crippen LogP contribution is -2.05. The Morgan fingerprint density at radius 3 is 2.53 bits per heavy atom. The molecule has 1 unspecified atom stereocenters. The molecule has 1 heteroatoms. The van der Waals surface area contributed by atoms with Gasteiger partial charge in [-0.1, -0.05) is 57.4 Å². The van der Waals surface area contributed by atoms with Gasteiger partial charge in [0.2, 0.25) is 0 Å². The number of hydrogen-bond donors (Lipinski definition) is 1. The van der Waals surface area contributed by atoms with E-state index in [1.165, 1.54) is 25.7 Å². The molecular formula is C14H26O. The van der Waals surface area contributed by atoms with E-state index in [9.17, 15) is 5.11 Å². The first-order valence-electron chi connectivity index (χ1n) is 6.26. The monoisotopic (exact) mass is 210 g/mol.